The molecule has 154 valence electrons. The van der Waals surface area contributed by atoms with Crippen LogP contribution in [0.4, 0.5) is 9.18 Å². The molecule has 2 aromatic rings. The molecule has 3 atom stereocenters. The molecule has 0 bridgehead atoms. The molecule has 2 aliphatic rings. The van der Waals surface area contributed by atoms with Crippen molar-refractivity contribution in [2.75, 3.05) is 33.7 Å². The van der Waals surface area contributed by atoms with Gasteiger partial charge in [0, 0.05) is 51.1 Å². The van der Waals surface area contributed by atoms with Gasteiger partial charge in [-0.15, -0.1) is 0 Å². The molecule has 0 spiro atoms. The average Bonchev–Trinajstić information content (AvgIpc) is 3.30. The molecule has 3 amide bonds. The van der Waals surface area contributed by atoms with Crippen molar-refractivity contribution >= 4 is 11.9 Å². The van der Waals surface area contributed by atoms with Crippen LogP contribution < -0.4 is 0 Å². The van der Waals surface area contributed by atoms with Gasteiger partial charge in [-0.1, -0.05) is 12.1 Å². The summed E-state index contributed by atoms with van der Waals surface area (Å²) < 4.78 is 13.9. The molecular formula is C23H23FN4O2. The number of amides is 3. The van der Waals surface area contributed by atoms with Crippen molar-refractivity contribution in [2.24, 2.45) is 11.8 Å². The Labute approximate surface area is 175 Å². The lowest BCUT2D eigenvalue weighted by Crippen LogP contribution is -2.42. The summed E-state index contributed by atoms with van der Waals surface area (Å²) in [4.78, 5) is 30.9. The van der Waals surface area contributed by atoms with E-state index >= 15 is 0 Å². The van der Waals surface area contributed by atoms with Crippen LogP contribution in [0, 0.1) is 29.0 Å². The maximum Gasteiger partial charge on any atom is 0.320 e. The Morgan fingerprint density at radius 3 is 2.47 bits per heavy atom. The quantitative estimate of drug-likeness (QED) is 0.770. The van der Waals surface area contributed by atoms with Crippen LogP contribution in [0.2, 0.25) is 0 Å². The standard InChI is InChI=1S/C23H23FN4O2/c1-26(2)23(30)28-13-18-12-27(22(29)16-8-6-15(11-25)7-9-16)14-20(18)21(28)17-4-3-5-19(24)10-17/h3-10,18,20-21H,12-14H2,1-2H3/t18-,20-,21+/m1/s1. The summed E-state index contributed by atoms with van der Waals surface area (Å²) in [5.74, 6) is -0.253. The van der Waals surface area contributed by atoms with Gasteiger partial charge in [-0.2, -0.15) is 5.26 Å². The first-order chi connectivity index (χ1) is 14.4. The zero-order valence-corrected chi connectivity index (χ0v) is 17.0. The third kappa shape index (κ3) is 3.50. The molecule has 2 aliphatic heterocycles. The van der Waals surface area contributed by atoms with Gasteiger partial charge in [0.2, 0.25) is 0 Å². The highest BCUT2D eigenvalue weighted by molar-refractivity contribution is 5.94. The van der Waals surface area contributed by atoms with Crippen LogP contribution in [0.1, 0.15) is 27.5 Å². The second kappa shape index (κ2) is 7.79. The first kappa shape index (κ1) is 19.9. The van der Waals surface area contributed by atoms with E-state index in [4.69, 9.17) is 5.26 Å². The van der Waals surface area contributed by atoms with Crippen molar-refractivity contribution in [1.82, 2.24) is 14.7 Å². The SMILES string of the molecule is CN(C)C(=O)N1C[C@H]2CN(C(=O)c3ccc(C#N)cc3)C[C@H]2[C@@H]1c1cccc(F)c1. The van der Waals surface area contributed by atoms with Crippen LogP contribution in [0.3, 0.4) is 0 Å². The molecule has 0 radical (unpaired) electrons. The van der Waals surface area contributed by atoms with Crippen LogP contribution in [0.15, 0.2) is 48.5 Å². The van der Waals surface area contributed by atoms with Crippen molar-refractivity contribution in [1.29, 1.82) is 5.26 Å². The maximum atomic E-state index is 13.9. The van der Waals surface area contributed by atoms with Crippen LogP contribution in [-0.2, 0) is 0 Å². The lowest BCUT2D eigenvalue weighted by molar-refractivity contribution is 0.0766. The van der Waals surface area contributed by atoms with E-state index in [9.17, 15) is 14.0 Å². The third-order valence-corrected chi connectivity index (χ3v) is 6.03. The largest absolute Gasteiger partial charge is 0.338 e. The fourth-order valence-corrected chi connectivity index (χ4v) is 4.65. The Morgan fingerprint density at radius 2 is 1.83 bits per heavy atom. The molecule has 0 aliphatic carbocycles. The molecule has 2 saturated heterocycles. The minimum absolute atomic E-state index is 0.0398. The average molecular weight is 406 g/mol. The fourth-order valence-electron chi connectivity index (χ4n) is 4.65. The summed E-state index contributed by atoms with van der Waals surface area (Å²) in [6.45, 7) is 1.58. The highest BCUT2D eigenvalue weighted by Gasteiger charge is 2.50. The van der Waals surface area contributed by atoms with E-state index in [-0.39, 0.29) is 35.6 Å². The van der Waals surface area contributed by atoms with Crippen LogP contribution >= 0.6 is 0 Å². The van der Waals surface area contributed by atoms with Gasteiger partial charge in [0.1, 0.15) is 5.82 Å². The number of carbonyl (C=O) groups excluding carboxylic acids is 2. The predicted molar refractivity (Wildman–Crippen MR) is 109 cm³/mol. The first-order valence-electron chi connectivity index (χ1n) is 9.92. The van der Waals surface area contributed by atoms with Crippen molar-refractivity contribution in [3.8, 4) is 6.07 Å². The zero-order chi connectivity index (χ0) is 21.4. The number of carbonyl (C=O) groups is 2. The van der Waals surface area contributed by atoms with E-state index in [0.29, 0.717) is 30.8 Å². The summed E-state index contributed by atoms with van der Waals surface area (Å²) in [7, 11) is 3.42. The highest BCUT2D eigenvalue weighted by Crippen LogP contribution is 2.45. The van der Waals surface area contributed by atoms with Crippen LogP contribution in [0.25, 0.3) is 0 Å². The minimum atomic E-state index is -0.336. The van der Waals surface area contributed by atoms with Gasteiger partial charge in [-0.05, 0) is 42.0 Å². The van der Waals surface area contributed by atoms with Gasteiger partial charge in [0.25, 0.3) is 5.91 Å². The fraction of sp³-hybridized carbons (Fsp3) is 0.348. The number of hydrogen-bond acceptors (Lipinski definition) is 3. The molecule has 2 fully saturated rings. The summed E-state index contributed by atoms with van der Waals surface area (Å²) in [6.07, 6.45) is 0. The molecule has 0 aromatic heterocycles. The van der Waals surface area contributed by atoms with Gasteiger partial charge < -0.3 is 14.7 Å². The molecule has 4 rings (SSSR count). The molecule has 2 aromatic carbocycles. The Balaban J connectivity index is 1.60. The van der Waals surface area contributed by atoms with Gasteiger partial charge in [-0.3, -0.25) is 4.79 Å². The number of rotatable bonds is 2. The molecule has 0 unspecified atom stereocenters. The second-order valence-electron chi connectivity index (χ2n) is 8.15. The Morgan fingerprint density at radius 1 is 1.10 bits per heavy atom. The van der Waals surface area contributed by atoms with E-state index in [2.05, 4.69) is 6.07 Å². The lowest BCUT2D eigenvalue weighted by Gasteiger charge is -2.32. The number of nitriles is 1. The number of likely N-dealkylation sites (tertiary alicyclic amines) is 2. The van der Waals surface area contributed by atoms with E-state index in [0.717, 1.165) is 5.56 Å². The van der Waals surface area contributed by atoms with E-state index in [1.807, 2.05) is 6.07 Å². The van der Waals surface area contributed by atoms with E-state index in [1.165, 1.54) is 17.0 Å². The van der Waals surface area contributed by atoms with Crippen LogP contribution in [-0.4, -0.2) is 60.4 Å². The monoisotopic (exact) mass is 406 g/mol. The molecule has 0 N–H and O–H groups in total. The van der Waals surface area contributed by atoms with Crippen LogP contribution in [0.5, 0.6) is 0 Å². The van der Waals surface area contributed by atoms with Crippen molar-refractivity contribution in [3.05, 3.63) is 71.0 Å². The number of halogens is 1. The Bertz CT molecular complexity index is 1010. The predicted octanol–water partition coefficient (Wildman–Crippen LogP) is 3.12. The lowest BCUT2D eigenvalue weighted by atomic mass is 9.89. The first-order valence-corrected chi connectivity index (χ1v) is 9.92. The summed E-state index contributed by atoms with van der Waals surface area (Å²) in [5.41, 5.74) is 1.80. The smallest absolute Gasteiger partial charge is 0.320 e. The van der Waals surface area contributed by atoms with Gasteiger partial charge in [0.05, 0.1) is 17.7 Å². The van der Waals surface area contributed by atoms with E-state index < -0.39 is 0 Å². The minimum Gasteiger partial charge on any atom is -0.338 e. The molecule has 2 heterocycles. The van der Waals surface area contributed by atoms with Gasteiger partial charge in [0.15, 0.2) is 0 Å². The summed E-state index contributed by atoms with van der Waals surface area (Å²) in [6, 6.07) is 14.6. The van der Waals surface area contributed by atoms with E-state index in [1.54, 1.807) is 54.2 Å². The number of urea groups is 1. The summed E-state index contributed by atoms with van der Waals surface area (Å²) >= 11 is 0. The topological polar surface area (TPSA) is 67.7 Å². The normalized spacial score (nSPS) is 22.5. The number of nitrogens with zero attached hydrogens (tertiary/aromatic N) is 4. The number of benzene rings is 2. The zero-order valence-electron chi connectivity index (χ0n) is 17.0. The number of hydrogen-bond donors (Lipinski definition) is 0. The van der Waals surface area contributed by atoms with Crippen molar-refractivity contribution < 1.29 is 14.0 Å². The molecular weight excluding hydrogens is 383 g/mol. The molecule has 0 saturated carbocycles. The molecule has 6 nitrogen and oxygen atoms in total. The molecule has 30 heavy (non-hydrogen) atoms. The van der Waals surface area contributed by atoms with Gasteiger partial charge >= 0.3 is 6.03 Å². The summed E-state index contributed by atoms with van der Waals surface area (Å²) in [5, 5.41) is 8.95. The Hall–Kier alpha value is -3.40. The highest BCUT2D eigenvalue weighted by atomic mass is 19.1. The number of fused-ring (bicyclic) bond motifs is 1. The maximum absolute atomic E-state index is 13.9. The third-order valence-electron chi connectivity index (χ3n) is 6.03. The second-order valence-corrected chi connectivity index (χ2v) is 8.15. The van der Waals surface area contributed by atoms with Gasteiger partial charge in [-0.25, -0.2) is 9.18 Å². The molecule has 7 heteroatoms. The van der Waals surface area contributed by atoms with Crippen molar-refractivity contribution in [2.45, 2.75) is 6.04 Å². The van der Waals surface area contributed by atoms with Crippen molar-refractivity contribution in [3.63, 3.8) is 0 Å². The Kier molecular flexibility index (Phi) is 5.17.